The molecule has 20 heavy (non-hydrogen) atoms. The van der Waals surface area contributed by atoms with Gasteiger partial charge in [0.05, 0.1) is 0 Å². The van der Waals surface area contributed by atoms with E-state index in [1.165, 1.54) is 0 Å². The lowest BCUT2D eigenvalue weighted by Gasteiger charge is -2.34. The number of benzene rings is 1. The first-order valence-corrected chi connectivity index (χ1v) is 7.07. The molecular weight excluding hydrogens is 262 g/mol. The zero-order chi connectivity index (χ0) is 14.6. The summed E-state index contributed by atoms with van der Waals surface area (Å²) in [6.45, 7) is 4.52. The first-order chi connectivity index (χ1) is 9.52. The van der Waals surface area contributed by atoms with E-state index in [4.69, 9.17) is 0 Å². The molecule has 0 amide bonds. The molecule has 0 bridgehead atoms. The normalized spacial score (nSPS) is 23.8. The quantitative estimate of drug-likeness (QED) is 0.918. The minimum Gasteiger partial charge on any atom is -0.435 e. The molecule has 1 aromatic carbocycles. The van der Waals surface area contributed by atoms with E-state index >= 15 is 0 Å². The van der Waals surface area contributed by atoms with E-state index in [1.54, 1.807) is 12.1 Å². The van der Waals surface area contributed by atoms with Crippen molar-refractivity contribution >= 4 is 5.69 Å². The van der Waals surface area contributed by atoms with Gasteiger partial charge in [-0.2, -0.15) is 8.78 Å². The number of ether oxygens (including phenoxy) is 1. The lowest BCUT2D eigenvalue weighted by Crippen LogP contribution is -2.48. The second-order valence-corrected chi connectivity index (χ2v) is 5.49. The Morgan fingerprint density at radius 3 is 2.65 bits per heavy atom. The average Bonchev–Trinajstić information content (AvgIpc) is 2.62. The molecule has 1 fully saturated rings. The molecule has 1 aliphatic heterocycles. The van der Waals surface area contributed by atoms with Crippen molar-refractivity contribution in [2.24, 2.45) is 0 Å². The Bertz CT molecular complexity index is 424. The lowest BCUT2D eigenvalue weighted by molar-refractivity contribution is -0.0498. The van der Waals surface area contributed by atoms with Gasteiger partial charge in [-0.05, 0) is 50.6 Å². The van der Waals surface area contributed by atoms with Gasteiger partial charge in [-0.1, -0.05) is 6.92 Å². The molecule has 1 atom stereocenters. The molecule has 1 heterocycles. The lowest BCUT2D eigenvalue weighted by atomic mass is 9.98. The van der Waals surface area contributed by atoms with E-state index in [1.807, 2.05) is 12.1 Å². The van der Waals surface area contributed by atoms with E-state index in [0.29, 0.717) is 0 Å². The van der Waals surface area contributed by atoms with Crippen molar-refractivity contribution in [2.75, 3.05) is 24.5 Å². The van der Waals surface area contributed by atoms with Crippen LogP contribution in [-0.4, -0.2) is 31.8 Å². The molecule has 1 aromatic rings. The van der Waals surface area contributed by atoms with E-state index in [2.05, 4.69) is 28.8 Å². The van der Waals surface area contributed by atoms with Crippen LogP contribution in [0.15, 0.2) is 24.3 Å². The van der Waals surface area contributed by atoms with Crippen molar-refractivity contribution in [1.82, 2.24) is 5.32 Å². The number of alkyl halides is 2. The number of anilines is 1. The van der Waals surface area contributed by atoms with Gasteiger partial charge in [-0.3, -0.25) is 0 Å². The molecule has 1 unspecified atom stereocenters. The molecule has 3 nitrogen and oxygen atoms in total. The largest absolute Gasteiger partial charge is 0.435 e. The Labute approximate surface area is 118 Å². The van der Waals surface area contributed by atoms with Crippen molar-refractivity contribution in [3.05, 3.63) is 24.3 Å². The number of hydrogen-bond donors (Lipinski definition) is 1. The molecule has 112 valence electrons. The molecule has 1 saturated heterocycles. The van der Waals surface area contributed by atoms with Gasteiger partial charge in [0.15, 0.2) is 0 Å². The monoisotopic (exact) mass is 284 g/mol. The molecule has 5 heteroatoms. The third-order valence-corrected chi connectivity index (χ3v) is 3.90. The van der Waals surface area contributed by atoms with Crippen LogP contribution in [0.4, 0.5) is 14.5 Å². The summed E-state index contributed by atoms with van der Waals surface area (Å²) in [5, 5.41) is 3.58. The summed E-state index contributed by atoms with van der Waals surface area (Å²) in [6, 6.07) is 6.89. The highest BCUT2D eigenvalue weighted by Gasteiger charge is 2.27. The molecule has 0 spiro atoms. The van der Waals surface area contributed by atoms with Crippen LogP contribution in [0.5, 0.6) is 5.75 Å². The number of nitrogens with zero attached hydrogens (tertiary/aromatic N) is 1. The topological polar surface area (TPSA) is 24.5 Å². The van der Waals surface area contributed by atoms with Crippen molar-refractivity contribution in [3.8, 4) is 5.75 Å². The summed E-state index contributed by atoms with van der Waals surface area (Å²) < 4.78 is 28.7. The van der Waals surface area contributed by atoms with Crippen LogP contribution in [0.25, 0.3) is 0 Å². The van der Waals surface area contributed by atoms with Crippen LogP contribution in [0, 0.1) is 0 Å². The standard InChI is InChI=1S/C15H22F2N2O/c1-3-15(2)11-19(10-4-9-18-15)12-5-7-13(8-6-12)20-14(16)17/h5-8,14,18H,3-4,9-11H2,1-2H3. The van der Waals surface area contributed by atoms with Gasteiger partial charge in [0.1, 0.15) is 5.75 Å². The number of rotatable bonds is 4. The summed E-state index contributed by atoms with van der Waals surface area (Å²) in [5.74, 6) is 0.204. The zero-order valence-corrected chi connectivity index (χ0v) is 12.0. The Morgan fingerprint density at radius 1 is 1.35 bits per heavy atom. The third kappa shape index (κ3) is 3.82. The maximum Gasteiger partial charge on any atom is 0.387 e. The van der Waals surface area contributed by atoms with Crippen LogP contribution in [-0.2, 0) is 0 Å². The van der Waals surface area contributed by atoms with Crippen molar-refractivity contribution in [2.45, 2.75) is 38.8 Å². The Morgan fingerprint density at radius 2 is 2.05 bits per heavy atom. The fourth-order valence-corrected chi connectivity index (χ4v) is 2.51. The van der Waals surface area contributed by atoms with Gasteiger partial charge >= 0.3 is 6.61 Å². The minimum absolute atomic E-state index is 0.0919. The maximum absolute atomic E-state index is 12.1. The van der Waals surface area contributed by atoms with E-state index < -0.39 is 6.61 Å². The fourth-order valence-electron chi connectivity index (χ4n) is 2.51. The van der Waals surface area contributed by atoms with Gasteiger partial charge in [-0.15, -0.1) is 0 Å². The fraction of sp³-hybridized carbons (Fsp3) is 0.600. The molecule has 1 aliphatic rings. The SMILES string of the molecule is CCC1(C)CN(c2ccc(OC(F)F)cc2)CCCN1. The maximum atomic E-state index is 12.1. The number of nitrogens with one attached hydrogen (secondary N) is 1. The van der Waals surface area contributed by atoms with Crippen LogP contribution >= 0.6 is 0 Å². The first-order valence-electron chi connectivity index (χ1n) is 7.07. The molecule has 0 radical (unpaired) electrons. The number of halogens is 2. The molecule has 2 rings (SSSR count). The zero-order valence-electron chi connectivity index (χ0n) is 12.0. The van der Waals surface area contributed by atoms with E-state index in [0.717, 1.165) is 38.2 Å². The molecule has 0 aromatic heterocycles. The first kappa shape index (κ1) is 15.0. The summed E-state index contributed by atoms with van der Waals surface area (Å²) in [7, 11) is 0. The van der Waals surface area contributed by atoms with Gasteiger partial charge in [0.25, 0.3) is 0 Å². The summed E-state index contributed by atoms with van der Waals surface area (Å²) in [4.78, 5) is 2.30. The molecule has 1 N–H and O–H groups in total. The van der Waals surface area contributed by atoms with Crippen LogP contribution < -0.4 is 15.0 Å². The predicted octanol–water partition coefficient (Wildman–Crippen LogP) is 3.26. The van der Waals surface area contributed by atoms with Gasteiger partial charge in [0.2, 0.25) is 0 Å². The highest BCUT2D eigenvalue weighted by Crippen LogP contribution is 2.24. The minimum atomic E-state index is -2.77. The van der Waals surface area contributed by atoms with Crippen LogP contribution in [0.3, 0.4) is 0 Å². The Balaban J connectivity index is 2.09. The van der Waals surface area contributed by atoms with Crippen molar-refractivity contribution in [1.29, 1.82) is 0 Å². The van der Waals surface area contributed by atoms with E-state index in [-0.39, 0.29) is 11.3 Å². The van der Waals surface area contributed by atoms with Gasteiger partial charge < -0.3 is 15.0 Å². The highest BCUT2D eigenvalue weighted by atomic mass is 19.3. The van der Waals surface area contributed by atoms with Gasteiger partial charge in [-0.25, -0.2) is 0 Å². The Hall–Kier alpha value is -1.36. The summed E-state index contributed by atoms with van der Waals surface area (Å²) >= 11 is 0. The van der Waals surface area contributed by atoms with Crippen LogP contribution in [0.1, 0.15) is 26.7 Å². The highest BCUT2D eigenvalue weighted by molar-refractivity contribution is 5.49. The summed E-state index contributed by atoms with van der Waals surface area (Å²) in [5.41, 5.74) is 1.14. The second-order valence-electron chi connectivity index (χ2n) is 5.49. The molecule has 0 aliphatic carbocycles. The third-order valence-electron chi connectivity index (χ3n) is 3.90. The van der Waals surface area contributed by atoms with Crippen molar-refractivity contribution in [3.63, 3.8) is 0 Å². The van der Waals surface area contributed by atoms with E-state index in [9.17, 15) is 8.78 Å². The predicted molar refractivity (Wildman–Crippen MR) is 76.6 cm³/mol. The second kappa shape index (κ2) is 6.39. The van der Waals surface area contributed by atoms with Crippen LogP contribution in [0.2, 0.25) is 0 Å². The smallest absolute Gasteiger partial charge is 0.387 e. The molecular formula is C15H22F2N2O. The van der Waals surface area contributed by atoms with Gasteiger partial charge in [0, 0.05) is 24.3 Å². The average molecular weight is 284 g/mol. The molecule has 0 saturated carbocycles. The number of hydrogen-bond acceptors (Lipinski definition) is 3. The summed E-state index contributed by atoms with van der Waals surface area (Å²) in [6.07, 6.45) is 2.13. The van der Waals surface area contributed by atoms with Crippen molar-refractivity contribution < 1.29 is 13.5 Å². The Kier molecular flexibility index (Phi) is 4.81.